The Balaban J connectivity index is 1.86. The van der Waals surface area contributed by atoms with E-state index in [0.29, 0.717) is 13.0 Å². The number of hydrogen-bond acceptors (Lipinski definition) is 3. The zero-order chi connectivity index (χ0) is 18.9. The van der Waals surface area contributed by atoms with E-state index in [-0.39, 0.29) is 11.6 Å². The third kappa shape index (κ3) is 4.09. The second kappa shape index (κ2) is 7.03. The molecule has 3 rings (SSSR count). The SMILES string of the molecule is Cn1cc(C2CCCCN2S(=O)(=O)Cc2cccc(C(F)(F)F)c2)cn1. The third-order valence-corrected chi connectivity index (χ3v) is 6.37. The standard InChI is InChI=1S/C17H20F3N3O2S/c1-22-11-14(10-21-22)16-7-2-3-8-23(16)26(24,25)12-13-5-4-6-15(9-13)17(18,19)20/h4-6,9-11,16H,2-3,7-8,12H2,1H3. The fourth-order valence-electron chi connectivity index (χ4n) is 3.31. The van der Waals surface area contributed by atoms with E-state index < -0.39 is 27.5 Å². The number of halogens is 3. The monoisotopic (exact) mass is 387 g/mol. The highest BCUT2D eigenvalue weighted by molar-refractivity contribution is 7.88. The Hall–Kier alpha value is -1.87. The van der Waals surface area contributed by atoms with Gasteiger partial charge in [-0.1, -0.05) is 24.6 Å². The molecule has 2 heterocycles. The summed E-state index contributed by atoms with van der Waals surface area (Å²) < 4.78 is 67.5. The van der Waals surface area contributed by atoms with Crippen LogP contribution in [0.5, 0.6) is 0 Å². The molecule has 1 atom stereocenters. The van der Waals surface area contributed by atoms with Gasteiger partial charge in [0.1, 0.15) is 0 Å². The minimum Gasteiger partial charge on any atom is -0.275 e. The molecular weight excluding hydrogens is 367 g/mol. The fourth-order valence-corrected chi connectivity index (χ4v) is 5.10. The minimum absolute atomic E-state index is 0.135. The third-order valence-electron chi connectivity index (χ3n) is 4.52. The Morgan fingerprint density at radius 1 is 1.27 bits per heavy atom. The van der Waals surface area contributed by atoms with Gasteiger partial charge in [-0.05, 0) is 24.5 Å². The molecule has 1 unspecified atom stereocenters. The van der Waals surface area contributed by atoms with Crippen LogP contribution >= 0.6 is 0 Å². The van der Waals surface area contributed by atoms with E-state index >= 15 is 0 Å². The van der Waals surface area contributed by atoms with Crippen LogP contribution in [0.1, 0.15) is 42.0 Å². The van der Waals surface area contributed by atoms with Gasteiger partial charge in [0, 0.05) is 25.4 Å². The second-order valence-corrected chi connectivity index (χ2v) is 8.45. The number of aryl methyl sites for hydroxylation is 1. The van der Waals surface area contributed by atoms with Crippen molar-refractivity contribution in [1.29, 1.82) is 0 Å². The maximum absolute atomic E-state index is 12.9. The van der Waals surface area contributed by atoms with Gasteiger partial charge < -0.3 is 0 Å². The van der Waals surface area contributed by atoms with Crippen molar-refractivity contribution in [2.75, 3.05) is 6.54 Å². The predicted molar refractivity (Wildman–Crippen MR) is 90.6 cm³/mol. The van der Waals surface area contributed by atoms with Crippen LogP contribution in [-0.4, -0.2) is 29.0 Å². The van der Waals surface area contributed by atoms with Crippen LogP contribution in [0.4, 0.5) is 13.2 Å². The molecule has 0 aliphatic carbocycles. The first-order valence-electron chi connectivity index (χ1n) is 8.31. The molecule has 142 valence electrons. The average Bonchev–Trinajstić information content (AvgIpc) is 3.00. The van der Waals surface area contributed by atoms with Crippen molar-refractivity contribution in [2.45, 2.75) is 37.2 Å². The molecule has 1 aliphatic heterocycles. The minimum atomic E-state index is -4.50. The molecule has 0 radical (unpaired) electrons. The molecule has 0 spiro atoms. The highest BCUT2D eigenvalue weighted by atomic mass is 32.2. The number of benzene rings is 1. The number of hydrogen-bond donors (Lipinski definition) is 0. The lowest BCUT2D eigenvalue weighted by atomic mass is 10.0. The van der Waals surface area contributed by atoms with Gasteiger partial charge in [0.25, 0.3) is 0 Å². The van der Waals surface area contributed by atoms with Crippen LogP contribution in [0.25, 0.3) is 0 Å². The molecular formula is C17H20F3N3O2S. The number of alkyl halides is 3. The molecule has 2 aromatic rings. The summed E-state index contributed by atoms with van der Waals surface area (Å²) in [5.74, 6) is -0.451. The van der Waals surface area contributed by atoms with Gasteiger partial charge in [-0.25, -0.2) is 8.42 Å². The first kappa shape index (κ1) is 18.9. The predicted octanol–water partition coefficient (Wildman–Crippen LogP) is 3.50. The lowest BCUT2D eigenvalue weighted by molar-refractivity contribution is -0.137. The quantitative estimate of drug-likeness (QED) is 0.807. The molecule has 0 saturated carbocycles. The van der Waals surface area contributed by atoms with Crippen molar-refractivity contribution in [3.05, 3.63) is 53.3 Å². The lowest BCUT2D eigenvalue weighted by Crippen LogP contribution is -2.39. The molecule has 1 aliphatic rings. The largest absolute Gasteiger partial charge is 0.416 e. The van der Waals surface area contributed by atoms with E-state index in [0.717, 1.165) is 30.5 Å². The summed E-state index contributed by atoms with van der Waals surface area (Å²) >= 11 is 0. The van der Waals surface area contributed by atoms with Crippen LogP contribution in [0.2, 0.25) is 0 Å². The van der Waals surface area contributed by atoms with Crippen molar-refractivity contribution in [1.82, 2.24) is 14.1 Å². The fraction of sp³-hybridized carbons (Fsp3) is 0.471. The van der Waals surface area contributed by atoms with Crippen molar-refractivity contribution in [3.63, 3.8) is 0 Å². The molecule has 1 aromatic carbocycles. The molecule has 0 amide bonds. The van der Waals surface area contributed by atoms with Gasteiger partial charge >= 0.3 is 6.18 Å². The van der Waals surface area contributed by atoms with Crippen LogP contribution < -0.4 is 0 Å². The summed E-state index contributed by atoms with van der Waals surface area (Å²) in [6.07, 6.45) is 1.23. The van der Waals surface area contributed by atoms with Crippen LogP contribution in [0.15, 0.2) is 36.7 Å². The van der Waals surface area contributed by atoms with Crippen LogP contribution in [0, 0.1) is 0 Å². The Kier molecular flexibility index (Phi) is 5.12. The second-order valence-electron chi connectivity index (χ2n) is 6.52. The summed E-state index contributed by atoms with van der Waals surface area (Å²) in [5, 5.41) is 4.10. The van der Waals surface area contributed by atoms with Crippen molar-refractivity contribution in [2.24, 2.45) is 7.05 Å². The average molecular weight is 387 g/mol. The Bertz CT molecular complexity index is 877. The van der Waals surface area contributed by atoms with Gasteiger partial charge in [0.15, 0.2) is 0 Å². The molecule has 9 heteroatoms. The number of piperidine rings is 1. The normalized spacial score (nSPS) is 19.6. The number of rotatable bonds is 4. The Labute approximate surface area is 150 Å². The van der Waals surface area contributed by atoms with E-state index in [1.54, 1.807) is 24.1 Å². The molecule has 0 N–H and O–H groups in total. The molecule has 1 saturated heterocycles. The van der Waals surface area contributed by atoms with E-state index in [9.17, 15) is 21.6 Å². The van der Waals surface area contributed by atoms with Crippen LogP contribution in [0.3, 0.4) is 0 Å². The summed E-state index contributed by atoms with van der Waals surface area (Å²) in [6, 6.07) is 4.17. The van der Waals surface area contributed by atoms with Gasteiger partial charge in [0.2, 0.25) is 10.0 Å². The Morgan fingerprint density at radius 3 is 2.69 bits per heavy atom. The van der Waals surface area contributed by atoms with Crippen molar-refractivity contribution in [3.8, 4) is 0 Å². The smallest absolute Gasteiger partial charge is 0.275 e. The van der Waals surface area contributed by atoms with Gasteiger partial charge in [-0.2, -0.15) is 22.6 Å². The van der Waals surface area contributed by atoms with E-state index in [1.165, 1.54) is 16.4 Å². The summed E-state index contributed by atoms with van der Waals surface area (Å²) in [6.45, 7) is 0.362. The zero-order valence-electron chi connectivity index (χ0n) is 14.3. The van der Waals surface area contributed by atoms with Gasteiger partial charge in [-0.15, -0.1) is 0 Å². The molecule has 26 heavy (non-hydrogen) atoms. The summed E-state index contributed by atoms with van der Waals surface area (Å²) in [4.78, 5) is 0. The molecule has 1 fully saturated rings. The number of aromatic nitrogens is 2. The Morgan fingerprint density at radius 2 is 2.04 bits per heavy atom. The van der Waals surface area contributed by atoms with E-state index in [2.05, 4.69) is 5.10 Å². The van der Waals surface area contributed by atoms with Crippen molar-refractivity contribution < 1.29 is 21.6 Å². The lowest BCUT2D eigenvalue weighted by Gasteiger charge is -2.34. The molecule has 5 nitrogen and oxygen atoms in total. The summed E-state index contributed by atoms with van der Waals surface area (Å²) in [7, 11) is -2.00. The first-order chi connectivity index (χ1) is 12.2. The van der Waals surface area contributed by atoms with Gasteiger partial charge in [0.05, 0.1) is 23.6 Å². The zero-order valence-corrected chi connectivity index (χ0v) is 15.1. The van der Waals surface area contributed by atoms with E-state index in [4.69, 9.17) is 0 Å². The first-order valence-corrected chi connectivity index (χ1v) is 9.92. The van der Waals surface area contributed by atoms with Crippen molar-refractivity contribution >= 4 is 10.0 Å². The molecule has 0 bridgehead atoms. The summed E-state index contributed by atoms with van der Waals surface area (Å²) in [5.41, 5.74) is 0.0998. The van der Waals surface area contributed by atoms with Crippen LogP contribution in [-0.2, 0) is 29.0 Å². The maximum Gasteiger partial charge on any atom is 0.416 e. The topological polar surface area (TPSA) is 55.2 Å². The number of nitrogens with zero attached hydrogens (tertiary/aromatic N) is 3. The van der Waals surface area contributed by atoms with E-state index in [1.807, 2.05) is 0 Å². The van der Waals surface area contributed by atoms with Gasteiger partial charge in [-0.3, -0.25) is 4.68 Å². The molecule has 1 aromatic heterocycles. The highest BCUT2D eigenvalue weighted by Gasteiger charge is 2.35. The number of sulfonamides is 1. The maximum atomic E-state index is 12.9. The highest BCUT2D eigenvalue weighted by Crippen LogP contribution is 2.35.